The van der Waals surface area contributed by atoms with Gasteiger partial charge >= 0.3 is 0 Å². The molecule has 0 amide bonds. The zero-order chi connectivity index (χ0) is 14.3. The maximum Gasteiger partial charge on any atom is 0.171 e. The molecule has 0 saturated carbocycles. The van der Waals surface area contributed by atoms with E-state index in [0.717, 1.165) is 11.6 Å². The summed E-state index contributed by atoms with van der Waals surface area (Å²) in [6.45, 7) is 0.484. The normalized spacial score (nSPS) is 13.5. The lowest BCUT2D eigenvalue weighted by Gasteiger charge is -2.20. The molecule has 1 aromatic carbocycles. The predicted molar refractivity (Wildman–Crippen MR) is 70.8 cm³/mol. The summed E-state index contributed by atoms with van der Waals surface area (Å²) in [5, 5.41) is 2.57. The smallest absolute Gasteiger partial charge is 0.171 e. The van der Waals surface area contributed by atoms with E-state index in [9.17, 15) is 13.2 Å². The van der Waals surface area contributed by atoms with Crippen molar-refractivity contribution in [2.24, 2.45) is 0 Å². The number of rotatable bonds is 2. The van der Waals surface area contributed by atoms with Crippen molar-refractivity contribution in [1.82, 2.24) is 4.98 Å². The Bertz CT molecular complexity index is 673. The van der Waals surface area contributed by atoms with Crippen LogP contribution in [0.15, 0.2) is 24.3 Å². The van der Waals surface area contributed by atoms with Crippen LogP contribution in [0, 0.1) is 17.5 Å². The molecular formula is C14H12F3N3. The molecule has 0 saturated heterocycles. The van der Waals surface area contributed by atoms with Gasteiger partial charge in [-0.25, -0.2) is 18.2 Å². The van der Waals surface area contributed by atoms with Crippen molar-refractivity contribution in [3.8, 4) is 0 Å². The fourth-order valence-corrected chi connectivity index (χ4v) is 2.39. The number of fused-ring (bicyclic) bond motifs is 1. The van der Waals surface area contributed by atoms with Gasteiger partial charge in [-0.05, 0) is 24.1 Å². The first-order chi connectivity index (χ1) is 9.60. The Morgan fingerprint density at radius 1 is 1.15 bits per heavy atom. The van der Waals surface area contributed by atoms with E-state index in [2.05, 4.69) is 10.3 Å². The van der Waals surface area contributed by atoms with E-state index in [1.807, 2.05) is 0 Å². The molecule has 0 atom stereocenters. The second kappa shape index (κ2) is 4.70. The summed E-state index contributed by atoms with van der Waals surface area (Å²) in [5.74, 6) is -1.95. The number of benzene rings is 1. The van der Waals surface area contributed by atoms with Crippen molar-refractivity contribution < 1.29 is 13.2 Å². The molecule has 1 aliphatic heterocycles. The maximum absolute atomic E-state index is 13.9. The molecule has 104 valence electrons. The standard InChI is InChI=1S/C14H12F3N3/c1-18-13-10(16)7-11(17)14(19-13)20-5-4-8-2-3-9(15)6-12(8)20/h2-3,6-7H,4-5H2,1H3,(H,18,19). The number of halogens is 3. The molecule has 0 unspecified atom stereocenters. The fraction of sp³-hybridized carbons (Fsp3) is 0.214. The minimum absolute atomic E-state index is 0.0000926. The van der Waals surface area contributed by atoms with Gasteiger partial charge in [-0.3, -0.25) is 0 Å². The number of aromatic nitrogens is 1. The van der Waals surface area contributed by atoms with Crippen molar-refractivity contribution in [3.05, 3.63) is 47.3 Å². The van der Waals surface area contributed by atoms with Crippen molar-refractivity contribution in [2.75, 3.05) is 23.8 Å². The van der Waals surface area contributed by atoms with Crippen molar-refractivity contribution in [2.45, 2.75) is 6.42 Å². The number of hydrogen-bond acceptors (Lipinski definition) is 3. The molecule has 20 heavy (non-hydrogen) atoms. The van der Waals surface area contributed by atoms with Crippen LogP contribution < -0.4 is 10.2 Å². The fourth-order valence-electron chi connectivity index (χ4n) is 2.39. The molecule has 1 aromatic heterocycles. The molecule has 2 heterocycles. The molecule has 1 N–H and O–H groups in total. The van der Waals surface area contributed by atoms with Gasteiger partial charge < -0.3 is 10.2 Å². The lowest BCUT2D eigenvalue weighted by Crippen LogP contribution is -2.17. The third-order valence-electron chi connectivity index (χ3n) is 3.35. The quantitative estimate of drug-likeness (QED) is 0.914. The van der Waals surface area contributed by atoms with Crippen molar-refractivity contribution in [1.29, 1.82) is 0 Å². The van der Waals surface area contributed by atoms with E-state index in [1.54, 1.807) is 11.0 Å². The zero-order valence-electron chi connectivity index (χ0n) is 10.8. The van der Waals surface area contributed by atoms with Crippen LogP contribution >= 0.6 is 0 Å². The highest BCUT2D eigenvalue weighted by Crippen LogP contribution is 2.36. The van der Waals surface area contributed by atoms with Crippen LogP contribution in [0.5, 0.6) is 0 Å². The Kier molecular flexibility index (Phi) is 3.00. The Morgan fingerprint density at radius 2 is 1.95 bits per heavy atom. The first kappa shape index (κ1) is 12.8. The highest BCUT2D eigenvalue weighted by molar-refractivity contribution is 5.69. The molecule has 0 radical (unpaired) electrons. The van der Waals surface area contributed by atoms with E-state index < -0.39 is 17.5 Å². The maximum atomic E-state index is 13.9. The molecule has 2 aromatic rings. The molecule has 0 bridgehead atoms. The van der Waals surface area contributed by atoms with Gasteiger partial charge in [0, 0.05) is 25.3 Å². The highest BCUT2D eigenvalue weighted by Gasteiger charge is 2.25. The monoisotopic (exact) mass is 279 g/mol. The third-order valence-corrected chi connectivity index (χ3v) is 3.35. The Labute approximate surface area is 114 Å². The lowest BCUT2D eigenvalue weighted by molar-refractivity contribution is 0.575. The molecule has 0 spiro atoms. The molecular weight excluding hydrogens is 267 g/mol. The number of nitrogens with one attached hydrogen (secondary N) is 1. The van der Waals surface area contributed by atoms with Crippen LogP contribution in [0.1, 0.15) is 5.56 Å². The van der Waals surface area contributed by atoms with Crippen LogP contribution in [-0.4, -0.2) is 18.6 Å². The van der Waals surface area contributed by atoms with Gasteiger partial charge in [0.2, 0.25) is 0 Å². The van der Waals surface area contributed by atoms with Crippen LogP contribution in [0.4, 0.5) is 30.5 Å². The van der Waals surface area contributed by atoms with E-state index in [0.29, 0.717) is 18.7 Å². The molecule has 3 rings (SSSR count). The van der Waals surface area contributed by atoms with E-state index in [1.165, 1.54) is 19.2 Å². The van der Waals surface area contributed by atoms with Gasteiger partial charge in [0.25, 0.3) is 0 Å². The third kappa shape index (κ3) is 1.97. The summed E-state index contributed by atoms with van der Waals surface area (Å²) >= 11 is 0. The lowest BCUT2D eigenvalue weighted by atomic mass is 10.2. The Hall–Kier alpha value is -2.24. The summed E-state index contributed by atoms with van der Waals surface area (Å²) in [6.07, 6.45) is 0.670. The summed E-state index contributed by atoms with van der Waals surface area (Å²) in [6, 6.07) is 5.16. The van der Waals surface area contributed by atoms with E-state index in [4.69, 9.17) is 0 Å². The number of pyridine rings is 1. The summed E-state index contributed by atoms with van der Waals surface area (Å²) in [7, 11) is 1.50. The predicted octanol–water partition coefficient (Wildman–Crippen LogP) is 3.23. The highest BCUT2D eigenvalue weighted by atomic mass is 19.1. The van der Waals surface area contributed by atoms with Crippen LogP contribution in [0.3, 0.4) is 0 Å². The van der Waals surface area contributed by atoms with Crippen LogP contribution in [0.25, 0.3) is 0 Å². The molecule has 3 nitrogen and oxygen atoms in total. The molecule has 1 aliphatic rings. The first-order valence-electron chi connectivity index (χ1n) is 6.20. The van der Waals surface area contributed by atoms with Crippen molar-refractivity contribution >= 4 is 17.3 Å². The second-order valence-corrected chi connectivity index (χ2v) is 4.55. The van der Waals surface area contributed by atoms with Crippen molar-refractivity contribution in [3.63, 3.8) is 0 Å². The van der Waals surface area contributed by atoms with Gasteiger partial charge in [0.15, 0.2) is 23.3 Å². The zero-order valence-corrected chi connectivity index (χ0v) is 10.8. The Balaban J connectivity index is 2.10. The van der Waals surface area contributed by atoms with Gasteiger partial charge in [-0.15, -0.1) is 0 Å². The molecule has 0 aliphatic carbocycles. The van der Waals surface area contributed by atoms with Gasteiger partial charge in [0.1, 0.15) is 5.82 Å². The second-order valence-electron chi connectivity index (χ2n) is 4.55. The summed E-state index contributed by atoms with van der Waals surface area (Å²) in [4.78, 5) is 5.51. The topological polar surface area (TPSA) is 28.2 Å². The number of anilines is 3. The minimum Gasteiger partial charge on any atom is -0.371 e. The number of nitrogens with zero attached hydrogens (tertiary/aromatic N) is 2. The molecule has 6 heteroatoms. The summed E-state index contributed by atoms with van der Waals surface area (Å²) in [5.41, 5.74) is 1.49. The van der Waals surface area contributed by atoms with E-state index >= 15 is 0 Å². The summed E-state index contributed by atoms with van der Waals surface area (Å²) < 4.78 is 40.7. The first-order valence-corrected chi connectivity index (χ1v) is 6.20. The average Bonchev–Trinajstić information content (AvgIpc) is 2.82. The number of hydrogen-bond donors (Lipinski definition) is 1. The Morgan fingerprint density at radius 3 is 2.70 bits per heavy atom. The van der Waals surface area contributed by atoms with Crippen LogP contribution in [-0.2, 0) is 6.42 Å². The average molecular weight is 279 g/mol. The van der Waals surface area contributed by atoms with E-state index in [-0.39, 0.29) is 11.6 Å². The van der Waals surface area contributed by atoms with Gasteiger partial charge in [-0.1, -0.05) is 6.07 Å². The molecule has 0 fully saturated rings. The van der Waals surface area contributed by atoms with Gasteiger partial charge in [0.05, 0.1) is 0 Å². The largest absolute Gasteiger partial charge is 0.371 e. The SMILES string of the molecule is CNc1nc(N2CCc3ccc(F)cc32)c(F)cc1F. The minimum atomic E-state index is -0.765. The van der Waals surface area contributed by atoms with Gasteiger partial charge in [-0.2, -0.15) is 0 Å². The van der Waals surface area contributed by atoms with Crippen LogP contribution in [0.2, 0.25) is 0 Å².